The lowest BCUT2D eigenvalue weighted by Crippen LogP contribution is -2.56. The summed E-state index contributed by atoms with van der Waals surface area (Å²) < 4.78 is 5.66. The lowest BCUT2D eigenvalue weighted by molar-refractivity contribution is -0.145. The minimum atomic E-state index is -0.809. The van der Waals surface area contributed by atoms with E-state index in [2.05, 4.69) is 29.6 Å². The van der Waals surface area contributed by atoms with E-state index in [0.29, 0.717) is 19.5 Å². The molecule has 1 saturated heterocycles. The fourth-order valence-corrected chi connectivity index (χ4v) is 5.46. The van der Waals surface area contributed by atoms with Crippen LogP contribution in [0.1, 0.15) is 50.7 Å². The van der Waals surface area contributed by atoms with Gasteiger partial charge in [0.1, 0.15) is 6.61 Å². The number of rotatable bonds is 9. The van der Waals surface area contributed by atoms with E-state index >= 15 is 0 Å². The smallest absolute Gasteiger partial charge is 0.407 e. The molecule has 7 nitrogen and oxygen atoms in total. The molecule has 1 heterocycles. The summed E-state index contributed by atoms with van der Waals surface area (Å²) in [4.78, 5) is 38.4. The van der Waals surface area contributed by atoms with Crippen LogP contribution in [0, 0.1) is 17.8 Å². The van der Waals surface area contributed by atoms with Gasteiger partial charge in [0, 0.05) is 31.5 Å². The molecule has 0 spiro atoms. The van der Waals surface area contributed by atoms with E-state index in [1.807, 2.05) is 45.0 Å². The highest BCUT2D eigenvalue weighted by atomic mass is 16.5. The van der Waals surface area contributed by atoms with Crippen LogP contribution in [0.3, 0.4) is 0 Å². The predicted molar refractivity (Wildman–Crippen MR) is 133 cm³/mol. The second-order valence-corrected chi connectivity index (χ2v) is 10.1. The molecular weight excluding hydrogens is 444 g/mol. The Bertz CT molecular complexity index is 1050. The van der Waals surface area contributed by atoms with E-state index in [0.717, 1.165) is 11.1 Å². The molecule has 2 amide bonds. The molecule has 0 radical (unpaired) electrons. The monoisotopic (exact) mass is 478 g/mol. The Hall–Kier alpha value is -3.35. The van der Waals surface area contributed by atoms with Gasteiger partial charge in [0.2, 0.25) is 5.91 Å². The summed E-state index contributed by atoms with van der Waals surface area (Å²) in [6.45, 7) is 7.16. The molecule has 1 fully saturated rings. The number of amides is 2. The highest BCUT2D eigenvalue weighted by Gasteiger charge is 2.38. The Morgan fingerprint density at radius 3 is 2.11 bits per heavy atom. The van der Waals surface area contributed by atoms with Crippen LogP contribution in [-0.2, 0) is 14.3 Å². The van der Waals surface area contributed by atoms with E-state index in [4.69, 9.17) is 9.84 Å². The second kappa shape index (κ2) is 10.5. The Labute approximate surface area is 206 Å². The Morgan fingerprint density at radius 2 is 1.57 bits per heavy atom. The molecule has 2 aromatic carbocycles. The number of hydrogen-bond acceptors (Lipinski definition) is 4. The maximum atomic E-state index is 13.1. The zero-order valence-corrected chi connectivity index (χ0v) is 20.6. The topological polar surface area (TPSA) is 95.9 Å². The number of alkyl carbamates (subject to hydrolysis) is 1. The van der Waals surface area contributed by atoms with Gasteiger partial charge in [-0.3, -0.25) is 9.59 Å². The lowest BCUT2D eigenvalue weighted by Gasteiger charge is -2.43. The lowest BCUT2D eigenvalue weighted by atomic mass is 9.85. The molecule has 1 aliphatic heterocycles. The summed E-state index contributed by atoms with van der Waals surface area (Å²) in [7, 11) is 0. The van der Waals surface area contributed by atoms with E-state index in [-0.39, 0.29) is 42.6 Å². The number of carboxylic acid groups (broad SMARTS) is 1. The first-order valence-corrected chi connectivity index (χ1v) is 12.4. The number of aliphatic carboxylic acids is 1. The van der Waals surface area contributed by atoms with Crippen LogP contribution >= 0.6 is 0 Å². The molecule has 35 heavy (non-hydrogen) atoms. The van der Waals surface area contributed by atoms with Gasteiger partial charge in [-0.25, -0.2) is 4.79 Å². The number of hydrogen-bond donors (Lipinski definition) is 2. The van der Waals surface area contributed by atoms with Gasteiger partial charge >= 0.3 is 12.1 Å². The van der Waals surface area contributed by atoms with Crippen molar-refractivity contribution in [2.45, 2.75) is 45.6 Å². The van der Waals surface area contributed by atoms with Crippen molar-refractivity contribution in [2.24, 2.45) is 17.8 Å². The fourth-order valence-electron chi connectivity index (χ4n) is 5.46. The zero-order valence-electron chi connectivity index (χ0n) is 20.6. The number of nitrogens with one attached hydrogen (secondary N) is 1. The number of likely N-dealkylation sites (tertiary alicyclic amines) is 1. The molecule has 186 valence electrons. The molecule has 2 unspecified atom stereocenters. The number of nitrogens with zero attached hydrogens (tertiary/aromatic N) is 1. The maximum Gasteiger partial charge on any atom is 0.407 e. The molecule has 2 atom stereocenters. The molecule has 7 heteroatoms. The largest absolute Gasteiger partial charge is 0.481 e. The first kappa shape index (κ1) is 24.8. The minimum absolute atomic E-state index is 0.00183. The Kier molecular flexibility index (Phi) is 7.43. The van der Waals surface area contributed by atoms with Crippen molar-refractivity contribution >= 4 is 18.0 Å². The molecule has 4 rings (SSSR count). The first-order valence-electron chi connectivity index (χ1n) is 12.4. The van der Waals surface area contributed by atoms with Gasteiger partial charge in [-0.05, 0) is 47.4 Å². The second-order valence-electron chi connectivity index (χ2n) is 10.1. The fraction of sp³-hybridized carbons (Fsp3) is 0.464. The van der Waals surface area contributed by atoms with Crippen LogP contribution in [0.25, 0.3) is 11.1 Å². The number of benzene rings is 2. The maximum absolute atomic E-state index is 13.1. The number of carbonyl (C=O) groups excluding carboxylic acids is 2. The van der Waals surface area contributed by atoms with Crippen LogP contribution in [0.15, 0.2) is 48.5 Å². The van der Waals surface area contributed by atoms with Crippen molar-refractivity contribution in [3.63, 3.8) is 0 Å². The summed E-state index contributed by atoms with van der Waals surface area (Å²) in [5.41, 5.74) is 4.65. The number of carboxylic acids is 1. The molecule has 1 aliphatic carbocycles. The van der Waals surface area contributed by atoms with Gasteiger partial charge in [0.25, 0.3) is 0 Å². The highest BCUT2D eigenvalue weighted by Crippen LogP contribution is 2.44. The normalized spacial score (nSPS) is 16.7. The summed E-state index contributed by atoms with van der Waals surface area (Å²) in [6, 6.07) is 16.0. The summed E-state index contributed by atoms with van der Waals surface area (Å²) >= 11 is 0. The van der Waals surface area contributed by atoms with Crippen LogP contribution < -0.4 is 5.32 Å². The van der Waals surface area contributed by atoms with Gasteiger partial charge in [0.05, 0.1) is 5.92 Å². The molecule has 0 aromatic heterocycles. The van der Waals surface area contributed by atoms with Crippen LogP contribution in [0.2, 0.25) is 0 Å². The molecule has 2 aliphatic rings. The molecule has 0 saturated carbocycles. The van der Waals surface area contributed by atoms with Gasteiger partial charge in [-0.15, -0.1) is 0 Å². The van der Waals surface area contributed by atoms with E-state index < -0.39 is 18.1 Å². The molecular formula is C28H34N2O5. The third-order valence-electron chi connectivity index (χ3n) is 7.27. The quantitative estimate of drug-likeness (QED) is 0.553. The van der Waals surface area contributed by atoms with Gasteiger partial charge in [-0.1, -0.05) is 62.4 Å². The van der Waals surface area contributed by atoms with Gasteiger partial charge < -0.3 is 20.1 Å². The van der Waals surface area contributed by atoms with Gasteiger partial charge in [0.15, 0.2) is 0 Å². The van der Waals surface area contributed by atoms with Crippen molar-refractivity contribution in [3.05, 3.63) is 59.7 Å². The van der Waals surface area contributed by atoms with Crippen LogP contribution in [0.5, 0.6) is 0 Å². The van der Waals surface area contributed by atoms with Crippen molar-refractivity contribution in [3.8, 4) is 11.1 Å². The average molecular weight is 479 g/mol. The van der Waals surface area contributed by atoms with E-state index in [1.54, 1.807) is 4.90 Å². The standard InChI is InChI=1S/C28H34N2O5/c1-17(2)26(27(33)30-14-19(15-30)12-13-25(31)32)18(3)29-28(34)35-16-24-22-10-6-4-8-20(22)21-9-5-7-11-23(21)24/h4-11,17-19,24,26H,12-16H2,1-3H3,(H,29,34)(H,31,32). The SMILES string of the molecule is CC(C)C(C(=O)N1CC(CCC(=O)O)C1)C(C)NC(=O)OCC1c2ccccc2-c2ccccc21. The van der Waals surface area contributed by atoms with Gasteiger partial charge in [-0.2, -0.15) is 0 Å². The molecule has 0 bridgehead atoms. The van der Waals surface area contributed by atoms with E-state index in [9.17, 15) is 14.4 Å². The molecule has 2 N–H and O–H groups in total. The third-order valence-corrected chi connectivity index (χ3v) is 7.27. The Balaban J connectivity index is 1.33. The minimum Gasteiger partial charge on any atom is -0.481 e. The van der Waals surface area contributed by atoms with Crippen molar-refractivity contribution in [2.75, 3.05) is 19.7 Å². The van der Waals surface area contributed by atoms with E-state index in [1.165, 1.54) is 11.1 Å². The summed E-state index contributed by atoms with van der Waals surface area (Å²) in [5, 5.41) is 11.7. The number of fused-ring (bicyclic) bond motifs is 3. The average Bonchev–Trinajstić information content (AvgIpc) is 3.10. The van der Waals surface area contributed by atoms with Crippen LogP contribution in [-0.4, -0.2) is 53.7 Å². The number of ether oxygens (including phenoxy) is 1. The van der Waals surface area contributed by atoms with Crippen LogP contribution in [0.4, 0.5) is 4.79 Å². The summed E-state index contributed by atoms with van der Waals surface area (Å²) in [5.74, 6) is -0.947. The third kappa shape index (κ3) is 5.34. The number of carbonyl (C=O) groups is 3. The van der Waals surface area contributed by atoms with Crippen molar-refractivity contribution in [1.82, 2.24) is 10.2 Å². The molecule has 2 aromatic rings. The first-order chi connectivity index (χ1) is 16.8. The van der Waals surface area contributed by atoms with Crippen molar-refractivity contribution < 1.29 is 24.2 Å². The Morgan fingerprint density at radius 1 is 1.00 bits per heavy atom. The predicted octanol–water partition coefficient (Wildman–Crippen LogP) is 4.51. The summed E-state index contributed by atoms with van der Waals surface area (Å²) in [6.07, 6.45) is 0.180. The highest BCUT2D eigenvalue weighted by molar-refractivity contribution is 5.82. The zero-order chi connectivity index (χ0) is 25.1. The van der Waals surface area contributed by atoms with Crippen molar-refractivity contribution in [1.29, 1.82) is 0 Å².